The van der Waals surface area contributed by atoms with E-state index in [1.165, 1.54) is 0 Å². The Kier molecular flexibility index (Phi) is 4.37. The topological polar surface area (TPSA) is 68.2 Å². The van der Waals surface area contributed by atoms with Gasteiger partial charge in [0.05, 0.1) is 12.7 Å². The van der Waals surface area contributed by atoms with Crippen molar-refractivity contribution < 1.29 is 24.4 Å². The van der Waals surface area contributed by atoms with Gasteiger partial charge in [0.15, 0.2) is 6.29 Å². The Morgan fingerprint density at radius 2 is 1.90 bits per heavy atom. The molecular formula is C16H20O5. The molecule has 0 spiro atoms. The van der Waals surface area contributed by atoms with E-state index in [2.05, 4.69) is 6.58 Å². The van der Waals surface area contributed by atoms with Crippen LogP contribution in [0.3, 0.4) is 0 Å². The quantitative estimate of drug-likeness (QED) is 0.819. The predicted octanol–water partition coefficient (Wildman–Crippen LogP) is 1.17. The first-order valence-electron chi connectivity index (χ1n) is 7.15. The van der Waals surface area contributed by atoms with E-state index in [-0.39, 0.29) is 6.10 Å². The van der Waals surface area contributed by atoms with Gasteiger partial charge in [-0.1, -0.05) is 36.4 Å². The number of hydrogen-bond acceptors (Lipinski definition) is 5. The zero-order valence-corrected chi connectivity index (χ0v) is 11.7. The van der Waals surface area contributed by atoms with Gasteiger partial charge in [-0.2, -0.15) is 0 Å². The normalized spacial score (nSPS) is 39.5. The highest BCUT2D eigenvalue weighted by molar-refractivity contribution is 5.16. The summed E-state index contributed by atoms with van der Waals surface area (Å²) < 4.78 is 17.2. The summed E-state index contributed by atoms with van der Waals surface area (Å²) in [5.41, 5.74) is 0.880. The van der Waals surface area contributed by atoms with Crippen molar-refractivity contribution in [2.24, 2.45) is 0 Å². The maximum atomic E-state index is 10.3. The van der Waals surface area contributed by atoms with Gasteiger partial charge in [0.25, 0.3) is 0 Å². The molecule has 2 fully saturated rings. The molecule has 1 aromatic carbocycles. The minimum absolute atomic E-state index is 0.321. The molecule has 21 heavy (non-hydrogen) atoms. The number of rotatable bonds is 3. The molecule has 114 valence electrons. The number of hydrogen-bond donors (Lipinski definition) is 2. The van der Waals surface area contributed by atoms with E-state index < -0.39 is 30.7 Å². The maximum absolute atomic E-state index is 10.3. The molecule has 0 bridgehead atoms. The van der Waals surface area contributed by atoms with Crippen LogP contribution in [0.25, 0.3) is 0 Å². The van der Waals surface area contributed by atoms with E-state index in [9.17, 15) is 10.2 Å². The fourth-order valence-corrected chi connectivity index (χ4v) is 2.83. The number of fused-ring (bicyclic) bond motifs is 1. The third-order valence-electron chi connectivity index (χ3n) is 3.95. The predicted molar refractivity (Wildman–Crippen MR) is 75.5 cm³/mol. The van der Waals surface area contributed by atoms with E-state index in [4.69, 9.17) is 14.2 Å². The van der Waals surface area contributed by atoms with Crippen molar-refractivity contribution in [1.82, 2.24) is 0 Å². The lowest BCUT2D eigenvalue weighted by Crippen LogP contribution is -2.61. The summed E-state index contributed by atoms with van der Waals surface area (Å²) in [5.74, 6) is 0. The second-order valence-electron chi connectivity index (χ2n) is 5.40. The van der Waals surface area contributed by atoms with Crippen LogP contribution in [0.1, 0.15) is 18.3 Å². The highest BCUT2D eigenvalue weighted by Gasteiger charge is 2.48. The van der Waals surface area contributed by atoms with Gasteiger partial charge in [0, 0.05) is 5.56 Å². The largest absolute Gasteiger partial charge is 0.388 e. The van der Waals surface area contributed by atoms with E-state index >= 15 is 0 Å². The SMILES string of the molecule is C=CC[C@@H]1O[C@@H]2CO[C@@H](c3ccccc3)O[C@H]2[C@H](O)[C@H]1O. The van der Waals surface area contributed by atoms with Gasteiger partial charge < -0.3 is 24.4 Å². The smallest absolute Gasteiger partial charge is 0.184 e. The Morgan fingerprint density at radius 3 is 2.62 bits per heavy atom. The molecule has 2 N–H and O–H groups in total. The van der Waals surface area contributed by atoms with Crippen molar-refractivity contribution in [1.29, 1.82) is 0 Å². The highest BCUT2D eigenvalue weighted by Crippen LogP contribution is 2.34. The third-order valence-corrected chi connectivity index (χ3v) is 3.95. The average molecular weight is 292 g/mol. The van der Waals surface area contributed by atoms with Gasteiger partial charge >= 0.3 is 0 Å². The van der Waals surface area contributed by atoms with Crippen LogP contribution in [-0.4, -0.2) is 47.3 Å². The van der Waals surface area contributed by atoms with Gasteiger partial charge in [-0.25, -0.2) is 0 Å². The fraction of sp³-hybridized carbons (Fsp3) is 0.500. The molecule has 3 rings (SSSR count). The average Bonchev–Trinajstić information content (AvgIpc) is 2.53. The molecule has 0 saturated carbocycles. The molecule has 0 radical (unpaired) electrons. The lowest BCUT2D eigenvalue weighted by molar-refractivity contribution is -0.327. The van der Waals surface area contributed by atoms with Crippen molar-refractivity contribution in [3.8, 4) is 0 Å². The number of aliphatic hydroxyl groups excluding tert-OH is 2. The first kappa shape index (κ1) is 14.7. The molecule has 0 unspecified atom stereocenters. The standard InChI is InChI=1S/C16H20O5/c1-2-6-11-13(17)14(18)15-12(20-11)9-19-16(21-15)10-7-4-3-5-8-10/h2-5,7-8,11-18H,1,6,9H2/t11-,12+,13-,14+,15+,16+/m0/s1. The molecule has 2 aliphatic heterocycles. The van der Waals surface area contributed by atoms with Crippen molar-refractivity contribution in [2.45, 2.75) is 43.2 Å². The third kappa shape index (κ3) is 2.88. The number of aliphatic hydroxyl groups is 2. The second kappa shape index (κ2) is 6.25. The van der Waals surface area contributed by atoms with Crippen LogP contribution < -0.4 is 0 Å². The molecule has 0 aliphatic carbocycles. The lowest BCUT2D eigenvalue weighted by Gasteiger charge is -2.46. The Hall–Kier alpha value is -1.24. The van der Waals surface area contributed by atoms with Crippen molar-refractivity contribution in [3.05, 3.63) is 48.6 Å². The van der Waals surface area contributed by atoms with Crippen LogP contribution in [0.15, 0.2) is 43.0 Å². The zero-order valence-electron chi connectivity index (χ0n) is 11.7. The second-order valence-corrected chi connectivity index (χ2v) is 5.40. The summed E-state index contributed by atoms with van der Waals surface area (Å²) in [6.45, 7) is 3.96. The first-order chi connectivity index (χ1) is 10.2. The van der Waals surface area contributed by atoms with E-state index in [0.717, 1.165) is 5.56 Å². The molecule has 0 aromatic heterocycles. The summed E-state index contributed by atoms with van der Waals surface area (Å²) >= 11 is 0. The first-order valence-corrected chi connectivity index (χ1v) is 7.15. The van der Waals surface area contributed by atoms with Crippen LogP contribution in [0.2, 0.25) is 0 Å². The lowest BCUT2D eigenvalue weighted by atomic mass is 9.93. The summed E-state index contributed by atoms with van der Waals surface area (Å²) in [5, 5.41) is 20.4. The Labute approximate surface area is 123 Å². The van der Waals surface area contributed by atoms with Crippen molar-refractivity contribution in [3.63, 3.8) is 0 Å². The number of ether oxygens (including phenoxy) is 3. The van der Waals surface area contributed by atoms with E-state index in [1.54, 1.807) is 6.08 Å². The van der Waals surface area contributed by atoms with Crippen LogP contribution in [0, 0.1) is 0 Å². The molecule has 2 saturated heterocycles. The van der Waals surface area contributed by atoms with Crippen LogP contribution in [0.4, 0.5) is 0 Å². The Morgan fingerprint density at radius 1 is 1.14 bits per heavy atom. The Bertz CT molecular complexity index is 475. The zero-order chi connectivity index (χ0) is 14.8. The van der Waals surface area contributed by atoms with Crippen molar-refractivity contribution >= 4 is 0 Å². The monoisotopic (exact) mass is 292 g/mol. The van der Waals surface area contributed by atoms with E-state index in [1.807, 2.05) is 30.3 Å². The maximum Gasteiger partial charge on any atom is 0.184 e. The fourth-order valence-electron chi connectivity index (χ4n) is 2.83. The summed E-state index contributed by atoms with van der Waals surface area (Å²) in [4.78, 5) is 0. The van der Waals surface area contributed by atoms with Crippen LogP contribution in [-0.2, 0) is 14.2 Å². The minimum Gasteiger partial charge on any atom is -0.388 e. The molecular weight excluding hydrogens is 272 g/mol. The van der Waals surface area contributed by atoms with Crippen LogP contribution in [0.5, 0.6) is 0 Å². The molecule has 0 amide bonds. The molecule has 5 nitrogen and oxygen atoms in total. The molecule has 1 aromatic rings. The van der Waals surface area contributed by atoms with Gasteiger partial charge in [-0.3, -0.25) is 0 Å². The Balaban J connectivity index is 1.73. The summed E-state index contributed by atoms with van der Waals surface area (Å²) in [6, 6.07) is 9.52. The molecule has 6 atom stereocenters. The minimum atomic E-state index is -0.996. The van der Waals surface area contributed by atoms with Gasteiger partial charge in [0.2, 0.25) is 0 Å². The molecule has 2 heterocycles. The van der Waals surface area contributed by atoms with Crippen molar-refractivity contribution in [2.75, 3.05) is 6.61 Å². The van der Waals surface area contributed by atoms with Crippen LogP contribution >= 0.6 is 0 Å². The highest BCUT2D eigenvalue weighted by atomic mass is 16.7. The van der Waals surface area contributed by atoms with E-state index in [0.29, 0.717) is 13.0 Å². The molecule has 5 heteroatoms. The van der Waals surface area contributed by atoms with Gasteiger partial charge in [0.1, 0.15) is 24.4 Å². The number of benzene rings is 1. The molecule has 2 aliphatic rings. The summed E-state index contributed by atoms with van der Waals surface area (Å²) in [7, 11) is 0. The van der Waals surface area contributed by atoms with Gasteiger partial charge in [-0.05, 0) is 6.42 Å². The summed E-state index contributed by atoms with van der Waals surface area (Å²) in [6.07, 6.45) is -1.84. The van der Waals surface area contributed by atoms with Gasteiger partial charge in [-0.15, -0.1) is 6.58 Å².